The molecule has 7 heteroatoms. The van der Waals surface area contributed by atoms with E-state index in [2.05, 4.69) is 4.94 Å². The summed E-state index contributed by atoms with van der Waals surface area (Å²) >= 11 is 0. The molecule has 1 aromatic rings. The van der Waals surface area contributed by atoms with Crippen LogP contribution in [0.2, 0.25) is 0 Å². The van der Waals surface area contributed by atoms with Gasteiger partial charge in [0.15, 0.2) is 5.69 Å². The van der Waals surface area contributed by atoms with Crippen LogP contribution in [0.3, 0.4) is 0 Å². The first-order chi connectivity index (χ1) is 6.50. The molecule has 1 heterocycles. The zero-order valence-corrected chi connectivity index (χ0v) is 6.71. The molecule has 0 spiro atoms. The Morgan fingerprint density at radius 1 is 1.29 bits per heavy atom. The molecule has 0 aliphatic carbocycles. The number of fused-ring (bicyclic) bond motifs is 1. The second-order valence-electron chi connectivity index (χ2n) is 2.66. The number of hydrogen-bond donors (Lipinski definition) is 1. The van der Waals surface area contributed by atoms with Crippen molar-refractivity contribution in [3.63, 3.8) is 0 Å². The van der Waals surface area contributed by atoms with Gasteiger partial charge in [-0.2, -0.15) is 5.23 Å². The highest BCUT2D eigenvalue weighted by molar-refractivity contribution is 5.62. The van der Waals surface area contributed by atoms with Gasteiger partial charge in [0.1, 0.15) is 5.69 Å². The summed E-state index contributed by atoms with van der Waals surface area (Å²) in [6.45, 7) is 0. The van der Waals surface area contributed by atoms with Crippen LogP contribution in [0.1, 0.15) is 0 Å². The van der Waals surface area contributed by atoms with Gasteiger partial charge in [-0.25, -0.2) is 0 Å². The summed E-state index contributed by atoms with van der Waals surface area (Å²) in [6.07, 6.45) is -4.71. The second kappa shape index (κ2) is 2.84. The molecular formula is C7H5F3N2O2. The summed E-state index contributed by atoms with van der Waals surface area (Å²) in [4.78, 5) is 4.07. The number of hydrogen-bond acceptors (Lipinski definition) is 3. The lowest BCUT2D eigenvalue weighted by atomic mass is 10.3. The monoisotopic (exact) mass is 206 g/mol. The van der Waals surface area contributed by atoms with Crippen LogP contribution in [-0.2, 0) is 4.94 Å². The van der Waals surface area contributed by atoms with Crippen molar-refractivity contribution >= 4 is 11.4 Å². The van der Waals surface area contributed by atoms with Crippen molar-refractivity contribution in [1.29, 1.82) is 0 Å². The SMILES string of the molecule is [O-][NH+]1ON(C(F)(F)F)c2ccccc21. The molecule has 0 aromatic heterocycles. The molecule has 0 radical (unpaired) electrons. The zero-order chi connectivity index (χ0) is 10.3. The van der Waals surface area contributed by atoms with Crippen LogP contribution >= 0.6 is 0 Å². The predicted octanol–water partition coefficient (Wildman–Crippen LogP) is 0.887. The Morgan fingerprint density at radius 2 is 1.93 bits per heavy atom. The summed E-state index contributed by atoms with van der Waals surface area (Å²) in [5.41, 5.74) is -0.352. The van der Waals surface area contributed by atoms with Gasteiger partial charge in [0.05, 0.1) is 0 Å². The Bertz CT molecular complexity index is 355. The lowest BCUT2D eigenvalue weighted by molar-refractivity contribution is -0.994. The number of rotatable bonds is 0. The number of hydroxylamine groups is 1. The fraction of sp³-hybridized carbons (Fsp3) is 0.143. The van der Waals surface area contributed by atoms with Gasteiger partial charge in [-0.1, -0.05) is 22.1 Å². The topological polar surface area (TPSA) is 40.0 Å². The molecule has 76 valence electrons. The summed E-state index contributed by atoms with van der Waals surface area (Å²) in [5, 5.41) is 9.63. The lowest BCUT2D eigenvalue weighted by Gasteiger charge is -2.17. The summed E-state index contributed by atoms with van der Waals surface area (Å²) in [5.74, 6) is 0. The second-order valence-corrected chi connectivity index (χ2v) is 2.66. The van der Waals surface area contributed by atoms with E-state index in [1.165, 1.54) is 24.3 Å². The number of halogens is 3. The van der Waals surface area contributed by atoms with Crippen molar-refractivity contribution in [2.24, 2.45) is 0 Å². The van der Waals surface area contributed by atoms with Crippen LogP contribution in [0.4, 0.5) is 24.5 Å². The van der Waals surface area contributed by atoms with Crippen molar-refractivity contribution in [3.8, 4) is 0 Å². The van der Waals surface area contributed by atoms with E-state index in [0.717, 1.165) is 0 Å². The average molecular weight is 206 g/mol. The minimum absolute atomic E-state index is 0.0789. The van der Waals surface area contributed by atoms with Crippen LogP contribution in [0.25, 0.3) is 0 Å². The first kappa shape index (κ1) is 9.25. The third kappa shape index (κ3) is 1.31. The Kier molecular flexibility index (Phi) is 1.88. The molecule has 0 saturated heterocycles. The highest BCUT2D eigenvalue weighted by Crippen LogP contribution is 2.34. The lowest BCUT2D eigenvalue weighted by Crippen LogP contribution is -3.00. The van der Waals surface area contributed by atoms with E-state index in [9.17, 15) is 18.4 Å². The number of benzene rings is 1. The molecule has 1 aromatic carbocycles. The molecule has 1 N–H and O–H groups in total. The van der Waals surface area contributed by atoms with E-state index in [4.69, 9.17) is 0 Å². The summed E-state index contributed by atoms with van der Waals surface area (Å²) in [7, 11) is 0. The van der Waals surface area contributed by atoms with E-state index in [-0.39, 0.29) is 16.4 Å². The quantitative estimate of drug-likeness (QED) is 0.506. The maximum absolute atomic E-state index is 12.3. The van der Waals surface area contributed by atoms with Gasteiger partial charge in [0.2, 0.25) is 0 Å². The first-order valence-electron chi connectivity index (χ1n) is 3.68. The Hall–Kier alpha value is -1.31. The molecule has 4 nitrogen and oxygen atoms in total. The van der Waals surface area contributed by atoms with E-state index in [1.54, 1.807) is 0 Å². The van der Waals surface area contributed by atoms with Gasteiger partial charge in [-0.05, 0) is 6.07 Å². The van der Waals surface area contributed by atoms with Crippen LogP contribution < -0.4 is 10.3 Å². The molecule has 1 aliphatic heterocycles. The van der Waals surface area contributed by atoms with Crippen molar-refractivity contribution in [2.75, 3.05) is 5.06 Å². The van der Waals surface area contributed by atoms with E-state index in [1.807, 2.05) is 0 Å². The highest BCUT2D eigenvalue weighted by atomic mass is 19.4. The first-order valence-corrected chi connectivity index (χ1v) is 3.68. The molecule has 0 saturated carbocycles. The summed E-state index contributed by atoms with van der Waals surface area (Å²) in [6, 6.07) is 5.33. The molecule has 14 heavy (non-hydrogen) atoms. The summed E-state index contributed by atoms with van der Waals surface area (Å²) < 4.78 is 36.8. The fourth-order valence-corrected chi connectivity index (χ4v) is 1.19. The maximum atomic E-state index is 12.3. The van der Waals surface area contributed by atoms with Gasteiger partial charge in [-0.15, -0.1) is 13.2 Å². The predicted molar refractivity (Wildman–Crippen MR) is 40.1 cm³/mol. The Labute approximate surface area is 76.6 Å². The van der Waals surface area contributed by atoms with Gasteiger partial charge in [-0.3, -0.25) is 0 Å². The Balaban J connectivity index is 2.44. The number of anilines is 1. The number of nitrogens with one attached hydrogen (secondary N) is 1. The normalized spacial score (nSPS) is 21.1. The van der Waals surface area contributed by atoms with Crippen molar-refractivity contribution in [2.45, 2.75) is 6.30 Å². The van der Waals surface area contributed by atoms with Crippen LogP contribution in [0.5, 0.6) is 0 Å². The van der Waals surface area contributed by atoms with Gasteiger partial charge >= 0.3 is 6.30 Å². The van der Waals surface area contributed by atoms with E-state index in [0.29, 0.717) is 0 Å². The van der Waals surface area contributed by atoms with Crippen LogP contribution in [0.15, 0.2) is 24.3 Å². The number of quaternary nitrogens is 1. The molecule has 0 fully saturated rings. The minimum Gasteiger partial charge on any atom is -0.593 e. The third-order valence-electron chi connectivity index (χ3n) is 1.75. The van der Waals surface area contributed by atoms with Gasteiger partial charge in [0.25, 0.3) is 0 Å². The molecule has 1 unspecified atom stereocenters. The smallest absolute Gasteiger partial charge is 0.513 e. The van der Waals surface area contributed by atoms with Crippen molar-refractivity contribution in [1.82, 2.24) is 0 Å². The van der Waals surface area contributed by atoms with Crippen molar-refractivity contribution in [3.05, 3.63) is 29.5 Å². The van der Waals surface area contributed by atoms with E-state index >= 15 is 0 Å². The standard InChI is InChI=1S/C7H5F3N2O2/c8-7(9,10)11-5-3-1-2-4-6(5)12(13)14-11/h1-4,12H. The van der Waals surface area contributed by atoms with E-state index < -0.39 is 11.5 Å². The van der Waals surface area contributed by atoms with Crippen molar-refractivity contribution < 1.29 is 23.3 Å². The number of alkyl halides is 3. The van der Waals surface area contributed by atoms with Crippen LogP contribution in [0, 0.1) is 5.21 Å². The molecular weight excluding hydrogens is 201 g/mol. The fourth-order valence-electron chi connectivity index (χ4n) is 1.19. The molecule has 0 bridgehead atoms. The largest absolute Gasteiger partial charge is 0.593 e. The number of para-hydroxylation sites is 1. The highest BCUT2D eigenvalue weighted by Gasteiger charge is 2.47. The minimum atomic E-state index is -4.71. The molecule has 0 amide bonds. The zero-order valence-electron chi connectivity index (χ0n) is 6.71. The number of nitrogens with zero attached hydrogens (tertiary/aromatic N) is 1. The maximum Gasteiger partial charge on any atom is 0.513 e. The molecule has 1 aliphatic rings. The van der Waals surface area contributed by atoms with Crippen LogP contribution in [-0.4, -0.2) is 6.30 Å². The third-order valence-corrected chi connectivity index (χ3v) is 1.75. The molecule has 2 rings (SSSR count). The Morgan fingerprint density at radius 3 is 2.57 bits per heavy atom. The van der Waals surface area contributed by atoms with Gasteiger partial charge in [0, 0.05) is 6.07 Å². The van der Waals surface area contributed by atoms with Gasteiger partial charge < -0.3 is 5.21 Å². The average Bonchev–Trinajstić information content (AvgIpc) is 2.44. The molecule has 1 atom stereocenters.